The molecule has 0 fully saturated rings. The fraction of sp³-hybridized carbons (Fsp3) is 0.667. The molecular formula is C12H22. The molecule has 0 aliphatic rings. The van der Waals surface area contributed by atoms with E-state index in [1.807, 2.05) is 0 Å². The molecule has 0 rings (SSSR count). The molecule has 0 aromatic carbocycles. The van der Waals surface area contributed by atoms with Crippen LogP contribution < -0.4 is 0 Å². The third-order valence-corrected chi connectivity index (χ3v) is 2.43. The van der Waals surface area contributed by atoms with E-state index in [0.717, 1.165) is 5.92 Å². The molecule has 0 heterocycles. The van der Waals surface area contributed by atoms with Crippen molar-refractivity contribution in [3.05, 3.63) is 23.8 Å². The van der Waals surface area contributed by atoms with Gasteiger partial charge in [0, 0.05) is 0 Å². The highest BCUT2D eigenvalue weighted by atomic mass is 14.1. The van der Waals surface area contributed by atoms with Crippen molar-refractivity contribution in [1.82, 2.24) is 0 Å². The number of hydrogen-bond acceptors (Lipinski definition) is 0. The average Bonchev–Trinajstić information content (AvgIpc) is 2.12. The minimum absolute atomic E-state index is 0.868. The predicted octanol–water partition coefficient (Wildman–Crippen LogP) is 4.34. The molecule has 0 heteroatoms. The van der Waals surface area contributed by atoms with Crippen LogP contribution in [0.2, 0.25) is 0 Å². The fourth-order valence-electron chi connectivity index (χ4n) is 1.41. The van der Waals surface area contributed by atoms with E-state index in [2.05, 4.69) is 45.9 Å². The lowest BCUT2D eigenvalue weighted by Crippen LogP contribution is -1.97. The van der Waals surface area contributed by atoms with E-state index >= 15 is 0 Å². The Kier molecular flexibility index (Phi) is 6.84. The van der Waals surface area contributed by atoms with Crippen LogP contribution in [0, 0.1) is 5.92 Å². The van der Waals surface area contributed by atoms with Gasteiger partial charge < -0.3 is 0 Å². The van der Waals surface area contributed by atoms with Crippen molar-refractivity contribution >= 4 is 0 Å². The number of allylic oxidation sites excluding steroid dienone is 4. The largest absolute Gasteiger partial charge is 0.0874 e. The van der Waals surface area contributed by atoms with Crippen LogP contribution in [0.25, 0.3) is 0 Å². The van der Waals surface area contributed by atoms with E-state index in [0.29, 0.717) is 0 Å². The molecule has 0 unspecified atom stereocenters. The maximum absolute atomic E-state index is 2.27. The molecule has 12 heavy (non-hydrogen) atoms. The zero-order valence-electron chi connectivity index (χ0n) is 8.93. The van der Waals surface area contributed by atoms with E-state index in [4.69, 9.17) is 0 Å². The molecule has 0 radical (unpaired) electrons. The van der Waals surface area contributed by atoms with Crippen LogP contribution in [-0.2, 0) is 0 Å². The Morgan fingerprint density at radius 3 is 2.08 bits per heavy atom. The van der Waals surface area contributed by atoms with Gasteiger partial charge in [-0.25, -0.2) is 0 Å². The van der Waals surface area contributed by atoms with Crippen molar-refractivity contribution in [1.29, 1.82) is 0 Å². The van der Waals surface area contributed by atoms with Gasteiger partial charge >= 0.3 is 0 Å². The van der Waals surface area contributed by atoms with Gasteiger partial charge in [0.1, 0.15) is 0 Å². The molecule has 0 amide bonds. The van der Waals surface area contributed by atoms with Crippen LogP contribution in [0.1, 0.15) is 47.0 Å². The SMILES string of the molecule is CC=CC(=CC)CC(CC)CC. The first-order chi connectivity index (χ1) is 5.78. The third kappa shape index (κ3) is 4.38. The van der Waals surface area contributed by atoms with E-state index in [9.17, 15) is 0 Å². The standard InChI is InChI=1S/C12H22/c1-5-9-12(8-4)10-11(6-2)7-3/h5,8-9,11H,6-7,10H2,1-4H3. The van der Waals surface area contributed by atoms with Gasteiger partial charge in [-0.3, -0.25) is 0 Å². The summed E-state index contributed by atoms with van der Waals surface area (Å²) in [5.41, 5.74) is 1.48. The molecule has 70 valence electrons. The second-order valence-electron chi connectivity index (χ2n) is 3.25. The van der Waals surface area contributed by atoms with E-state index in [1.165, 1.54) is 24.8 Å². The lowest BCUT2D eigenvalue weighted by molar-refractivity contribution is 0.492. The normalized spacial score (nSPS) is 13.2. The lowest BCUT2D eigenvalue weighted by atomic mass is 9.94. The first kappa shape index (κ1) is 11.5. The van der Waals surface area contributed by atoms with Gasteiger partial charge in [-0.15, -0.1) is 0 Å². The quantitative estimate of drug-likeness (QED) is 0.533. The molecule has 0 aliphatic carbocycles. The summed E-state index contributed by atoms with van der Waals surface area (Å²) in [6.45, 7) is 8.75. The van der Waals surface area contributed by atoms with Crippen LogP contribution in [0.5, 0.6) is 0 Å². The summed E-state index contributed by atoms with van der Waals surface area (Å²) in [6, 6.07) is 0. The van der Waals surface area contributed by atoms with Crippen LogP contribution in [0.15, 0.2) is 23.8 Å². The first-order valence-electron chi connectivity index (χ1n) is 5.06. The first-order valence-corrected chi connectivity index (χ1v) is 5.06. The highest BCUT2D eigenvalue weighted by molar-refractivity contribution is 5.17. The van der Waals surface area contributed by atoms with Gasteiger partial charge in [0.25, 0.3) is 0 Å². The van der Waals surface area contributed by atoms with Gasteiger partial charge in [-0.2, -0.15) is 0 Å². The number of rotatable bonds is 5. The Hall–Kier alpha value is -0.520. The van der Waals surface area contributed by atoms with Crippen LogP contribution in [0.3, 0.4) is 0 Å². The number of hydrogen-bond donors (Lipinski definition) is 0. The Labute approximate surface area is 77.4 Å². The van der Waals surface area contributed by atoms with Crippen LogP contribution in [-0.4, -0.2) is 0 Å². The summed E-state index contributed by atoms with van der Waals surface area (Å²) in [5.74, 6) is 0.868. The smallest absolute Gasteiger partial charge is 0.0254 e. The maximum atomic E-state index is 2.27. The Balaban J connectivity index is 4.01. The Morgan fingerprint density at radius 2 is 1.75 bits per heavy atom. The van der Waals surface area contributed by atoms with E-state index < -0.39 is 0 Å². The van der Waals surface area contributed by atoms with Gasteiger partial charge in [0.2, 0.25) is 0 Å². The average molecular weight is 166 g/mol. The van der Waals surface area contributed by atoms with Crippen molar-refractivity contribution in [3.63, 3.8) is 0 Å². The fourth-order valence-corrected chi connectivity index (χ4v) is 1.41. The predicted molar refractivity (Wildman–Crippen MR) is 57.3 cm³/mol. The van der Waals surface area contributed by atoms with Crippen LogP contribution in [0.4, 0.5) is 0 Å². The van der Waals surface area contributed by atoms with Crippen molar-refractivity contribution < 1.29 is 0 Å². The highest BCUT2D eigenvalue weighted by Gasteiger charge is 2.03. The van der Waals surface area contributed by atoms with Gasteiger partial charge in [-0.05, 0) is 26.2 Å². The molecule has 0 aliphatic heterocycles. The van der Waals surface area contributed by atoms with Crippen LogP contribution >= 0.6 is 0 Å². The second-order valence-corrected chi connectivity index (χ2v) is 3.25. The maximum Gasteiger partial charge on any atom is -0.0254 e. The molecule has 0 bridgehead atoms. The lowest BCUT2D eigenvalue weighted by Gasteiger charge is -2.12. The van der Waals surface area contributed by atoms with Gasteiger partial charge in [0.15, 0.2) is 0 Å². The summed E-state index contributed by atoms with van der Waals surface area (Å²) in [4.78, 5) is 0. The third-order valence-electron chi connectivity index (χ3n) is 2.43. The van der Waals surface area contributed by atoms with E-state index in [1.54, 1.807) is 0 Å². The van der Waals surface area contributed by atoms with Gasteiger partial charge in [0.05, 0.1) is 0 Å². The zero-order valence-corrected chi connectivity index (χ0v) is 8.93. The summed E-state index contributed by atoms with van der Waals surface area (Å²) < 4.78 is 0. The van der Waals surface area contributed by atoms with Crippen molar-refractivity contribution in [2.24, 2.45) is 5.92 Å². The molecule has 0 N–H and O–H groups in total. The van der Waals surface area contributed by atoms with Crippen molar-refractivity contribution in [3.8, 4) is 0 Å². The molecule has 0 saturated carbocycles. The Bertz CT molecular complexity index is 147. The molecule has 0 aromatic rings. The second kappa shape index (κ2) is 7.15. The van der Waals surface area contributed by atoms with E-state index in [-0.39, 0.29) is 0 Å². The highest BCUT2D eigenvalue weighted by Crippen LogP contribution is 2.18. The summed E-state index contributed by atoms with van der Waals surface area (Å²) in [7, 11) is 0. The minimum Gasteiger partial charge on any atom is -0.0874 e. The molecular weight excluding hydrogens is 144 g/mol. The molecule has 0 saturated heterocycles. The Morgan fingerprint density at radius 1 is 1.17 bits per heavy atom. The topological polar surface area (TPSA) is 0 Å². The summed E-state index contributed by atoms with van der Waals surface area (Å²) in [5, 5.41) is 0. The van der Waals surface area contributed by atoms with Gasteiger partial charge in [-0.1, -0.05) is 50.5 Å². The van der Waals surface area contributed by atoms with Crippen molar-refractivity contribution in [2.45, 2.75) is 47.0 Å². The zero-order chi connectivity index (χ0) is 9.40. The van der Waals surface area contributed by atoms with Crippen molar-refractivity contribution in [2.75, 3.05) is 0 Å². The monoisotopic (exact) mass is 166 g/mol. The summed E-state index contributed by atoms with van der Waals surface area (Å²) in [6.07, 6.45) is 10.4. The molecule has 0 aromatic heterocycles. The molecule has 0 atom stereocenters. The molecule has 0 spiro atoms. The molecule has 0 nitrogen and oxygen atoms in total. The summed E-state index contributed by atoms with van der Waals surface area (Å²) >= 11 is 0. The minimum atomic E-state index is 0.868.